The number of anilines is 2. The summed E-state index contributed by atoms with van der Waals surface area (Å²) < 4.78 is 4.73. The molecule has 0 aliphatic heterocycles. The van der Waals surface area contributed by atoms with Gasteiger partial charge in [0.05, 0.1) is 18.4 Å². The fraction of sp³-hybridized carbons (Fsp3) is 0.0667. The van der Waals surface area contributed by atoms with Gasteiger partial charge in [-0.2, -0.15) is 0 Å². The molecular weight excluding hydrogens is 308 g/mol. The van der Waals surface area contributed by atoms with Gasteiger partial charge < -0.3 is 15.4 Å². The number of nitrogens with one attached hydrogen (secondary N) is 2. The summed E-state index contributed by atoms with van der Waals surface area (Å²) >= 11 is 11.1. The van der Waals surface area contributed by atoms with Crippen molar-refractivity contribution in [3.63, 3.8) is 0 Å². The Bertz CT molecular complexity index is 676. The Kier molecular flexibility index (Phi) is 5.14. The lowest BCUT2D eigenvalue weighted by Gasteiger charge is -2.13. The smallest absolute Gasteiger partial charge is 0.339 e. The Morgan fingerprint density at radius 3 is 2.62 bits per heavy atom. The van der Waals surface area contributed by atoms with Crippen LogP contribution in [0.4, 0.5) is 11.4 Å². The van der Waals surface area contributed by atoms with Gasteiger partial charge in [-0.05, 0) is 42.5 Å². The summed E-state index contributed by atoms with van der Waals surface area (Å²) in [6, 6.07) is 14.1. The molecule has 0 aliphatic carbocycles. The Labute approximate surface area is 133 Å². The number of carbonyl (C=O) groups excluding carboxylic acids is 1. The van der Waals surface area contributed by atoms with E-state index in [0.29, 0.717) is 21.4 Å². The highest BCUT2D eigenvalue weighted by atomic mass is 35.5. The van der Waals surface area contributed by atoms with E-state index in [1.807, 2.05) is 12.1 Å². The Balaban J connectivity index is 2.11. The van der Waals surface area contributed by atoms with Crippen LogP contribution >= 0.6 is 23.8 Å². The first-order valence-corrected chi connectivity index (χ1v) is 6.89. The third kappa shape index (κ3) is 4.18. The Morgan fingerprint density at radius 1 is 1.14 bits per heavy atom. The molecule has 0 saturated heterocycles. The third-order valence-electron chi connectivity index (χ3n) is 2.66. The highest BCUT2D eigenvalue weighted by molar-refractivity contribution is 7.80. The Hall–Kier alpha value is -2.11. The summed E-state index contributed by atoms with van der Waals surface area (Å²) in [6.07, 6.45) is 0. The van der Waals surface area contributed by atoms with Crippen LogP contribution in [0.2, 0.25) is 5.02 Å². The fourth-order valence-electron chi connectivity index (χ4n) is 1.73. The van der Waals surface area contributed by atoms with Crippen molar-refractivity contribution in [3.8, 4) is 0 Å². The summed E-state index contributed by atoms with van der Waals surface area (Å²) in [5.41, 5.74) is 1.75. The number of halogens is 1. The van der Waals surface area contributed by atoms with Crippen molar-refractivity contribution in [2.45, 2.75) is 0 Å². The van der Waals surface area contributed by atoms with Crippen molar-refractivity contribution in [1.29, 1.82) is 0 Å². The van der Waals surface area contributed by atoms with Crippen LogP contribution in [0.5, 0.6) is 0 Å². The van der Waals surface area contributed by atoms with Crippen LogP contribution in [0, 0.1) is 0 Å². The lowest BCUT2D eigenvalue weighted by Crippen LogP contribution is -2.20. The molecule has 0 saturated carbocycles. The number of ether oxygens (including phenoxy) is 1. The van der Waals surface area contributed by atoms with Gasteiger partial charge in [0.25, 0.3) is 0 Å². The van der Waals surface area contributed by atoms with Crippen LogP contribution in [0.15, 0.2) is 48.5 Å². The lowest BCUT2D eigenvalue weighted by atomic mass is 10.2. The number of carbonyl (C=O) groups is 1. The number of thiocarbonyl (C=S) groups is 1. The highest BCUT2D eigenvalue weighted by Gasteiger charge is 2.11. The molecule has 6 heteroatoms. The summed E-state index contributed by atoms with van der Waals surface area (Å²) in [4.78, 5) is 11.7. The molecule has 4 nitrogen and oxygen atoms in total. The topological polar surface area (TPSA) is 50.4 Å². The average Bonchev–Trinajstić information content (AvgIpc) is 2.47. The van der Waals surface area contributed by atoms with Crippen molar-refractivity contribution in [2.75, 3.05) is 17.7 Å². The van der Waals surface area contributed by atoms with Gasteiger partial charge in [-0.15, -0.1) is 0 Å². The molecule has 21 heavy (non-hydrogen) atoms. The number of para-hydroxylation sites is 1. The summed E-state index contributed by atoms with van der Waals surface area (Å²) in [5, 5.41) is 6.93. The third-order valence-corrected chi connectivity index (χ3v) is 3.10. The number of esters is 1. The van der Waals surface area contributed by atoms with Crippen LogP contribution in [-0.4, -0.2) is 18.2 Å². The van der Waals surface area contributed by atoms with E-state index in [-0.39, 0.29) is 0 Å². The molecular formula is C15H13ClN2O2S. The average molecular weight is 321 g/mol. The largest absolute Gasteiger partial charge is 0.465 e. The quantitative estimate of drug-likeness (QED) is 0.663. The maximum Gasteiger partial charge on any atom is 0.339 e. The molecule has 0 fully saturated rings. The van der Waals surface area contributed by atoms with E-state index in [1.165, 1.54) is 7.11 Å². The minimum atomic E-state index is -0.427. The molecule has 0 aliphatic rings. The van der Waals surface area contributed by atoms with Gasteiger partial charge in [0, 0.05) is 10.7 Å². The minimum Gasteiger partial charge on any atom is -0.465 e. The van der Waals surface area contributed by atoms with Crippen LogP contribution in [0.3, 0.4) is 0 Å². The number of hydrogen-bond donors (Lipinski definition) is 2. The van der Waals surface area contributed by atoms with E-state index < -0.39 is 5.97 Å². The van der Waals surface area contributed by atoms with Crippen molar-refractivity contribution in [3.05, 3.63) is 59.1 Å². The first-order chi connectivity index (χ1) is 10.1. The van der Waals surface area contributed by atoms with Gasteiger partial charge in [-0.25, -0.2) is 4.79 Å². The number of methoxy groups -OCH3 is 1. The van der Waals surface area contributed by atoms with Gasteiger partial charge in [0.1, 0.15) is 0 Å². The van der Waals surface area contributed by atoms with Crippen molar-refractivity contribution in [1.82, 2.24) is 0 Å². The van der Waals surface area contributed by atoms with E-state index in [1.54, 1.807) is 36.4 Å². The van der Waals surface area contributed by atoms with E-state index in [0.717, 1.165) is 5.69 Å². The second kappa shape index (κ2) is 7.06. The molecule has 0 aromatic heterocycles. The van der Waals surface area contributed by atoms with Gasteiger partial charge in [-0.3, -0.25) is 0 Å². The molecule has 2 aromatic rings. The second-order valence-corrected chi connectivity index (χ2v) is 4.97. The van der Waals surface area contributed by atoms with E-state index in [2.05, 4.69) is 10.6 Å². The van der Waals surface area contributed by atoms with Gasteiger partial charge in [0.2, 0.25) is 0 Å². The maximum absolute atomic E-state index is 11.7. The molecule has 108 valence electrons. The SMILES string of the molecule is COC(=O)c1ccccc1NC(=S)Nc1cccc(Cl)c1. The summed E-state index contributed by atoms with van der Waals surface area (Å²) in [5.74, 6) is -0.427. The minimum absolute atomic E-state index is 0.355. The first kappa shape index (κ1) is 15.3. The van der Waals surface area contributed by atoms with Crippen LogP contribution in [0.25, 0.3) is 0 Å². The van der Waals surface area contributed by atoms with Crippen LogP contribution < -0.4 is 10.6 Å². The molecule has 2 rings (SSSR count). The molecule has 0 amide bonds. The zero-order valence-electron chi connectivity index (χ0n) is 11.2. The van der Waals surface area contributed by atoms with Crippen molar-refractivity contribution < 1.29 is 9.53 Å². The van der Waals surface area contributed by atoms with Crippen LogP contribution in [0.1, 0.15) is 10.4 Å². The van der Waals surface area contributed by atoms with Gasteiger partial charge >= 0.3 is 5.97 Å². The molecule has 2 N–H and O–H groups in total. The normalized spacial score (nSPS) is 9.81. The van der Waals surface area contributed by atoms with E-state index >= 15 is 0 Å². The molecule has 2 aromatic carbocycles. The van der Waals surface area contributed by atoms with E-state index in [4.69, 9.17) is 28.6 Å². The molecule has 0 bridgehead atoms. The maximum atomic E-state index is 11.7. The lowest BCUT2D eigenvalue weighted by molar-refractivity contribution is 0.0602. The number of hydrogen-bond acceptors (Lipinski definition) is 3. The molecule has 0 unspecified atom stereocenters. The number of rotatable bonds is 3. The van der Waals surface area contributed by atoms with Crippen molar-refractivity contribution in [2.24, 2.45) is 0 Å². The van der Waals surface area contributed by atoms with Gasteiger partial charge in [-0.1, -0.05) is 29.8 Å². The monoisotopic (exact) mass is 320 g/mol. The predicted octanol–water partition coefficient (Wildman–Crippen LogP) is 3.94. The predicted molar refractivity (Wildman–Crippen MR) is 89.1 cm³/mol. The molecule has 0 atom stereocenters. The second-order valence-electron chi connectivity index (χ2n) is 4.13. The first-order valence-electron chi connectivity index (χ1n) is 6.11. The zero-order chi connectivity index (χ0) is 15.2. The summed E-state index contributed by atoms with van der Waals surface area (Å²) in [7, 11) is 1.33. The number of benzene rings is 2. The fourth-order valence-corrected chi connectivity index (χ4v) is 2.15. The Morgan fingerprint density at radius 2 is 1.90 bits per heavy atom. The molecule has 0 radical (unpaired) electrons. The highest BCUT2D eigenvalue weighted by Crippen LogP contribution is 2.18. The zero-order valence-corrected chi connectivity index (χ0v) is 12.8. The summed E-state index contributed by atoms with van der Waals surface area (Å²) in [6.45, 7) is 0. The standard InChI is InChI=1S/C15H13ClN2O2S/c1-20-14(19)12-7-2-3-8-13(12)18-15(21)17-11-6-4-5-10(16)9-11/h2-9H,1H3,(H2,17,18,21). The molecule has 0 heterocycles. The molecule has 0 spiro atoms. The van der Waals surface area contributed by atoms with E-state index in [9.17, 15) is 4.79 Å². The van der Waals surface area contributed by atoms with Gasteiger partial charge in [0.15, 0.2) is 5.11 Å². The van der Waals surface area contributed by atoms with Crippen LogP contribution in [-0.2, 0) is 4.74 Å². The van der Waals surface area contributed by atoms with Crippen molar-refractivity contribution >= 4 is 46.3 Å².